The third kappa shape index (κ3) is 2.28. The quantitative estimate of drug-likeness (QED) is 0.805. The molecule has 0 spiro atoms. The lowest BCUT2D eigenvalue weighted by molar-refractivity contribution is 0.474. The molecule has 0 aliphatic heterocycles. The van der Waals surface area contributed by atoms with Crippen LogP contribution in [-0.4, -0.2) is 0 Å². The average Bonchev–Trinajstić information content (AvgIpc) is 2.39. The summed E-state index contributed by atoms with van der Waals surface area (Å²) >= 11 is 0. The molecular weight excluding hydrogens is 231 g/mol. The standard InChI is InChI=1S/C14H7FN2O/c15-12-5-2-6-13(7-12)18-14-10(8-16)3-1-4-11(14)9-17/h1-7H. The predicted molar refractivity (Wildman–Crippen MR) is 62.3 cm³/mol. The number of rotatable bonds is 2. The van der Waals surface area contributed by atoms with Crippen molar-refractivity contribution in [3.63, 3.8) is 0 Å². The highest BCUT2D eigenvalue weighted by molar-refractivity contribution is 5.55. The SMILES string of the molecule is N#Cc1cccc(C#N)c1Oc1cccc(F)c1. The summed E-state index contributed by atoms with van der Waals surface area (Å²) in [5.41, 5.74) is 0.469. The molecule has 0 saturated heterocycles. The summed E-state index contributed by atoms with van der Waals surface area (Å²) in [7, 11) is 0. The van der Waals surface area contributed by atoms with Crippen LogP contribution in [0.4, 0.5) is 4.39 Å². The van der Waals surface area contributed by atoms with Gasteiger partial charge in [0.2, 0.25) is 0 Å². The van der Waals surface area contributed by atoms with E-state index in [-0.39, 0.29) is 22.6 Å². The van der Waals surface area contributed by atoms with E-state index in [2.05, 4.69) is 0 Å². The zero-order valence-corrected chi connectivity index (χ0v) is 9.22. The maximum absolute atomic E-state index is 13.0. The van der Waals surface area contributed by atoms with E-state index in [0.29, 0.717) is 0 Å². The zero-order valence-electron chi connectivity index (χ0n) is 9.22. The van der Waals surface area contributed by atoms with E-state index < -0.39 is 5.82 Å². The van der Waals surface area contributed by atoms with Gasteiger partial charge in [-0.1, -0.05) is 12.1 Å². The van der Waals surface area contributed by atoms with Crippen LogP contribution in [0.2, 0.25) is 0 Å². The van der Waals surface area contributed by atoms with Gasteiger partial charge in [0.1, 0.15) is 23.7 Å². The highest BCUT2D eigenvalue weighted by Gasteiger charge is 2.10. The Kier molecular flexibility index (Phi) is 3.22. The van der Waals surface area contributed by atoms with Gasteiger partial charge in [-0.3, -0.25) is 0 Å². The fraction of sp³-hybridized carbons (Fsp3) is 0. The first-order chi connectivity index (χ1) is 8.74. The van der Waals surface area contributed by atoms with Crippen LogP contribution in [0.15, 0.2) is 42.5 Å². The molecule has 0 saturated carbocycles. The fourth-order valence-corrected chi connectivity index (χ4v) is 1.47. The van der Waals surface area contributed by atoms with Crippen molar-refractivity contribution < 1.29 is 9.13 Å². The zero-order chi connectivity index (χ0) is 13.0. The summed E-state index contributed by atoms with van der Waals surface area (Å²) < 4.78 is 18.4. The van der Waals surface area contributed by atoms with Crippen LogP contribution in [0, 0.1) is 28.5 Å². The molecule has 0 amide bonds. The molecule has 0 fully saturated rings. The van der Waals surface area contributed by atoms with Crippen LogP contribution >= 0.6 is 0 Å². The van der Waals surface area contributed by atoms with E-state index in [4.69, 9.17) is 15.3 Å². The highest BCUT2D eigenvalue weighted by Crippen LogP contribution is 2.28. The first-order valence-electron chi connectivity index (χ1n) is 5.11. The van der Waals surface area contributed by atoms with Crippen LogP contribution in [0.5, 0.6) is 11.5 Å². The summed E-state index contributed by atoms with van der Waals surface area (Å²) in [4.78, 5) is 0. The number of hydrogen-bond donors (Lipinski definition) is 0. The Balaban J connectivity index is 2.46. The van der Waals surface area contributed by atoms with Crippen molar-refractivity contribution in [1.82, 2.24) is 0 Å². The molecule has 86 valence electrons. The number of hydrogen-bond acceptors (Lipinski definition) is 3. The number of ether oxygens (including phenoxy) is 1. The molecule has 0 N–H and O–H groups in total. The monoisotopic (exact) mass is 238 g/mol. The van der Waals surface area contributed by atoms with Gasteiger partial charge in [-0.2, -0.15) is 10.5 Å². The number of para-hydroxylation sites is 1. The van der Waals surface area contributed by atoms with Crippen LogP contribution in [-0.2, 0) is 0 Å². The van der Waals surface area contributed by atoms with Crippen molar-refractivity contribution >= 4 is 0 Å². The molecule has 18 heavy (non-hydrogen) atoms. The van der Waals surface area contributed by atoms with Gasteiger partial charge in [-0.15, -0.1) is 0 Å². The second-order valence-corrected chi connectivity index (χ2v) is 3.47. The van der Waals surface area contributed by atoms with Gasteiger partial charge in [0.25, 0.3) is 0 Å². The van der Waals surface area contributed by atoms with E-state index in [1.54, 1.807) is 12.1 Å². The molecule has 2 rings (SSSR count). The molecule has 0 heterocycles. The number of halogens is 1. The minimum Gasteiger partial charge on any atom is -0.454 e. The van der Waals surface area contributed by atoms with Crippen LogP contribution in [0.1, 0.15) is 11.1 Å². The number of nitrogens with zero attached hydrogens (tertiary/aromatic N) is 2. The molecule has 0 bridgehead atoms. The van der Waals surface area contributed by atoms with Crippen molar-refractivity contribution in [2.24, 2.45) is 0 Å². The Hall–Kier alpha value is -2.85. The first-order valence-corrected chi connectivity index (χ1v) is 5.11. The van der Waals surface area contributed by atoms with E-state index in [0.717, 1.165) is 0 Å². The summed E-state index contributed by atoms with van der Waals surface area (Å²) in [6, 6.07) is 14.1. The second-order valence-electron chi connectivity index (χ2n) is 3.47. The Bertz CT molecular complexity index is 636. The molecule has 2 aromatic carbocycles. The van der Waals surface area contributed by atoms with Gasteiger partial charge in [-0.25, -0.2) is 4.39 Å². The maximum Gasteiger partial charge on any atom is 0.162 e. The minimum atomic E-state index is -0.444. The lowest BCUT2D eigenvalue weighted by atomic mass is 10.1. The van der Waals surface area contributed by atoms with Gasteiger partial charge in [0, 0.05) is 6.07 Å². The number of benzene rings is 2. The molecule has 2 aromatic rings. The van der Waals surface area contributed by atoms with Crippen LogP contribution in [0.25, 0.3) is 0 Å². The van der Waals surface area contributed by atoms with Gasteiger partial charge >= 0.3 is 0 Å². The first kappa shape index (κ1) is 11.6. The van der Waals surface area contributed by atoms with Crippen LogP contribution in [0.3, 0.4) is 0 Å². The fourth-order valence-electron chi connectivity index (χ4n) is 1.47. The predicted octanol–water partition coefficient (Wildman–Crippen LogP) is 3.36. The van der Waals surface area contributed by atoms with Gasteiger partial charge < -0.3 is 4.74 Å². The van der Waals surface area contributed by atoms with Gasteiger partial charge in [-0.05, 0) is 24.3 Å². The van der Waals surface area contributed by atoms with E-state index >= 15 is 0 Å². The Morgan fingerprint density at radius 3 is 2.11 bits per heavy atom. The Morgan fingerprint density at radius 2 is 1.56 bits per heavy atom. The van der Waals surface area contributed by atoms with Gasteiger partial charge in [0.05, 0.1) is 11.1 Å². The Morgan fingerprint density at radius 1 is 0.944 bits per heavy atom. The molecule has 0 aliphatic carbocycles. The average molecular weight is 238 g/mol. The summed E-state index contributed by atoms with van der Waals surface area (Å²) in [5.74, 6) is -0.0530. The van der Waals surface area contributed by atoms with Crippen LogP contribution < -0.4 is 4.74 Å². The summed E-state index contributed by atoms with van der Waals surface area (Å²) in [6.07, 6.45) is 0. The maximum atomic E-state index is 13.0. The molecule has 0 radical (unpaired) electrons. The van der Waals surface area contributed by atoms with E-state index in [1.807, 2.05) is 12.1 Å². The summed E-state index contributed by atoms with van der Waals surface area (Å²) in [6.45, 7) is 0. The Labute approximate surface area is 103 Å². The van der Waals surface area contributed by atoms with Crippen molar-refractivity contribution in [1.29, 1.82) is 10.5 Å². The molecule has 0 unspecified atom stereocenters. The largest absolute Gasteiger partial charge is 0.454 e. The van der Waals surface area contributed by atoms with E-state index in [9.17, 15) is 4.39 Å². The summed E-state index contributed by atoms with van der Waals surface area (Å²) in [5, 5.41) is 17.9. The third-order valence-electron chi connectivity index (χ3n) is 2.27. The lowest BCUT2D eigenvalue weighted by Gasteiger charge is -2.08. The molecule has 0 aromatic heterocycles. The number of nitriles is 2. The van der Waals surface area contributed by atoms with Crippen molar-refractivity contribution in [2.75, 3.05) is 0 Å². The molecule has 3 nitrogen and oxygen atoms in total. The molecular formula is C14H7FN2O. The third-order valence-corrected chi connectivity index (χ3v) is 2.27. The second kappa shape index (κ2) is 4.99. The van der Waals surface area contributed by atoms with Gasteiger partial charge in [0.15, 0.2) is 5.75 Å². The normalized spacial score (nSPS) is 9.28. The van der Waals surface area contributed by atoms with Crippen molar-refractivity contribution in [3.05, 3.63) is 59.4 Å². The van der Waals surface area contributed by atoms with Crippen molar-refractivity contribution in [3.8, 4) is 23.6 Å². The molecule has 0 atom stereocenters. The topological polar surface area (TPSA) is 56.8 Å². The lowest BCUT2D eigenvalue weighted by Crippen LogP contribution is -1.92. The van der Waals surface area contributed by atoms with E-state index in [1.165, 1.54) is 30.3 Å². The highest BCUT2D eigenvalue weighted by atomic mass is 19.1. The smallest absolute Gasteiger partial charge is 0.162 e. The molecule has 4 heteroatoms. The minimum absolute atomic E-state index is 0.146. The van der Waals surface area contributed by atoms with Crippen molar-refractivity contribution in [2.45, 2.75) is 0 Å². The molecule has 0 aliphatic rings.